The number of aliphatic hydroxyl groups is 7. The molecule has 12 nitrogen and oxygen atoms in total. The zero-order valence-electron chi connectivity index (χ0n) is 16.6. The van der Waals surface area contributed by atoms with E-state index >= 15 is 0 Å². The lowest BCUT2D eigenvalue weighted by Gasteiger charge is -2.45. The van der Waals surface area contributed by atoms with Gasteiger partial charge in [0.1, 0.15) is 54.6 Å². The maximum atomic E-state index is 10.6. The Morgan fingerprint density at radius 1 is 0.812 bits per heavy atom. The standard InChI is InChI=1S/C19H25NO11S/c21-5-10-12(23)13(24)15(26)19(29-10)31-17-11(6-22)30-18(16(27)14(17)25)28-9-3-1-8(2-4-9)20-7-32/h1-4,10-19,21-27H,5-6H2/t10-,11-,12-,13+,14-,15-,16+,17+,18-,19+/m0/s1. The molecule has 2 heterocycles. The van der Waals surface area contributed by atoms with Crippen LogP contribution in [0.5, 0.6) is 5.75 Å². The monoisotopic (exact) mass is 475 g/mol. The fourth-order valence-corrected chi connectivity index (χ4v) is 3.54. The first-order valence-corrected chi connectivity index (χ1v) is 10.1. The minimum Gasteiger partial charge on any atom is -0.462 e. The topological polar surface area (TPSA) is 191 Å². The van der Waals surface area contributed by atoms with Crippen molar-refractivity contribution in [2.75, 3.05) is 13.2 Å². The first kappa shape index (κ1) is 25.1. The van der Waals surface area contributed by atoms with Gasteiger partial charge in [0, 0.05) is 0 Å². The molecule has 2 saturated heterocycles. The van der Waals surface area contributed by atoms with Crippen molar-refractivity contribution in [2.24, 2.45) is 4.99 Å². The molecule has 7 N–H and O–H groups in total. The van der Waals surface area contributed by atoms with E-state index in [2.05, 4.69) is 22.4 Å². The molecular formula is C19H25NO11S. The van der Waals surface area contributed by atoms with Crippen LogP contribution in [-0.2, 0) is 14.2 Å². The van der Waals surface area contributed by atoms with Crippen LogP contribution in [0.1, 0.15) is 0 Å². The Kier molecular flexibility index (Phi) is 8.63. The van der Waals surface area contributed by atoms with Crippen molar-refractivity contribution < 1.29 is 54.7 Å². The third-order valence-electron chi connectivity index (χ3n) is 5.22. The zero-order chi connectivity index (χ0) is 23.4. The van der Waals surface area contributed by atoms with E-state index in [1.54, 1.807) is 12.1 Å². The highest BCUT2D eigenvalue weighted by molar-refractivity contribution is 7.78. The maximum absolute atomic E-state index is 10.6. The van der Waals surface area contributed by atoms with Gasteiger partial charge in [-0.25, -0.2) is 0 Å². The van der Waals surface area contributed by atoms with Gasteiger partial charge in [-0.3, -0.25) is 0 Å². The van der Waals surface area contributed by atoms with Gasteiger partial charge >= 0.3 is 0 Å². The van der Waals surface area contributed by atoms with Crippen LogP contribution >= 0.6 is 12.2 Å². The van der Waals surface area contributed by atoms with Crippen molar-refractivity contribution in [3.63, 3.8) is 0 Å². The van der Waals surface area contributed by atoms with E-state index in [0.717, 1.165) is 0 Å². The third-order valence-corrected chi connectivity index (χ3v) is 5.32. The quantitative estimate of drug-likeness (QED) is 0.161. The number of benzene rings is 1. The average molecular weight is 475 g/mol. The molecule has 2 aliphatic heterocycles. The van der Waals surface area contributed by atoms with E-state index in [9.17, 15) is 35.7 Å². The lowest BCUT2D eigenvalue weighted by molar-refractivity contribution is -0.352. The Bertz CT molecular complexity index is 788. The lowest BCUT2D eigenvalue weighted by Crippen LogP contribution is -2.65. The van der Waals surface area contributed by atoms with Crippen molar-refractivity contribution in [3.8, 4) is 5.75 Å². The molecule has 2 aliphatic rings. The molecule has 10 atom stereocenters. The second-order valence-corrected chi connectivity index (χ2v) is 7.50. The summed E-state index contributed by atoms with van der Waals surface area (Å²) < 4.78 is 21.8. The molecule has 178 valence electrons. The molecule has 0 amide bonds. The number of aliphatic hydroxyl groups excluding tert-OH is 7. The predicted molar refractivity (Wildman–Crippen MR) is 108 cm³/mol. The van der Waals surface area contributed by atoms with Crippen molar-refractivity contribution >= 4 is 23.1 Å². The molecule has 1 aromatic rings. The normalized spacial score (nSPS) is 39.8. The molecule has 0 bridgehead atoms. The van der Waals surface area contributed by atoms with Gasteiger partial charge in [-0.2, -0.15) is 4.99 Å². The Labute approximate surface area is 187 Å². The van der Waals surface area contributed by atoms with Crippen LogP contribution in [-0.4, -0.2) is 116 Å². The molecule has 32 heavy (non-hydrogen) atoms. The van der Waals surface area contributed by atoms with Crippen LogP contribution < -0.4 is 4.74 Å². The molecule has 0 spiro atoms. The number of hydrogen-bond acceptors (Lipinski definition) is 13. The maximum Gasteiger partial charge on any atom is 0.229 e. The molecule has 1 aromatic carbocycles. The third kappa shape index (κ3) is 5.31. The van der Waals surface area contributed by atoms with Crippen LogP contribution in [0.25, 0.3) is 0 Å². The van der Waals surface area contributed by atoms with Gasteiger partial charge in [0.25, 0.3) is 0 Å². The van der Waals surface area contributed by atoms with Gasteiger partial charge in [-0.1, -0.05) is 0 Å². The Morgan fingerprint density at radius 3 is 2.00 bits per heavy atom. The molecular weight excluding hydrogens is 450 g/mol. The number of rotatable bonds is 7. The van der Waals surface area contributed by atoms with Crippen LogP contribution in [0.15, 0.2) is 29.3 Å². The molecule has 13 heteroatoms. The summed E-state index contributed by atoms with van der Waals surface area (Å²) in [5.41, 5.74) is 0.527. The highest BCUT2D eigenvalue weighted by Crippen LogP contribution is 2.30. The smallest absolute Gasteiger partial charge is 0.229 e. The summed E-state index contributed by atoms with van der Waals surface area (Å²) >= 11 is 4.53. The summed E-state index contributed by atoms with van der Waals surface area (Å²) in [6.07, 6.45) is -15.2. The second-order valence-electron chi connectivity index (χ2n) is 7.32. The highest BCUT2D eigenvalue weighted by Gasteiger charge is 2.51. The van der Waals surface area contributed by atoms with Crippen molar-refractivity contribution in [1.29, 1.82) is 0 Å². The average Bonchev–Trinajstić information content (AvgIpc) is 2.80. The van der Waals surface area contributed by atoms with Crippen LogP contribution in [0.2, 0.25) is 0 Å². The summed E-state index contributed by atoms with van der Waals surface area (Å²) in [6.45, 7) is -1.33. The van der Waals surface area contributed by atoms with E-state index < -0.39 is 74.6 Å². The van der Waals surface area contributed by atoms with Gasteiger partial charge in [0.2, 0.25) is 6.29 Å². The summed E-state index contributed by atoms with van der Waals surface area (Å²) in [4.78, 5) is 3.80. The van der Waals surface area contributed by atoms with E-state index in [1.165, 1.54) is 12.1 Å². The fraction of sp³-hybridized carbons (Fsp3) is 0.632. The summed E-state index contributed by atoms with van der Waals surface area (Å²) in [5, 5.41) is 72.2. The van der Waals surface area contributed by atoms with Crippen molar-refractivity contribution in [2.45, 2.75) is 61.4 Å². The number of thiocarbonyl (C=S) groups is 1. The molecule has 0 saturated carbocycles. The highest BCUT2D eigenvalue weighted by atomic mass is 32.1. The lowest BCUT2D eigenvalue weighted by atomic mass is 9.97. The van der Waals surface area contributed by atoms with Crippen LogP contribution in [0, 0.1) is 0 Å². The Balaban J connectivity index is 1.70. The number of isothiocyanates is 1. The van der Waals surface area contributed by atoms with Gasteiger partial charge in [-0.15, -0.1) is 0 Å². The molecule has 0 aliphatic carbocycles. The molecule has 0 radical (unpaired) electrons. The minimum atomic E-state index is -1.74. The molecule has 2 fully saturated rings. The van der Waals surface area contributed by atoms with E-state index in [0.29, 0.717) is 5.69 Å². The predicted octanol–water partition coefficient (Wildman–Crippen LogP) is -2.58. The van der Waals surface area contributed by atoms with E-state index in [-0.39, 0.29) is 5.75 Å². The van der Waals surface area contributed by atoms with E-state index in [4.69, 9.17) is 18.9 Å². The number of nitrogens with zero attached hydrogens (tertiary/aromatic N) is 1. The van der Waals surface area contributed by atoms with Gasteiger partial charge in [0.15, 0.2) is 6.29 Å². The Hall–Kier alpha value is -1.58. The Morgan fingerprint density at radius 2 is 1.41 bits per heavy atom. The van der Waals surface area contributed by atoms with Gasteiger partial charge in [-0.05, 0) is 36.5 Å². The number of hydrogen-bond donors (Lipinski definition) is 7. The SMILES string of the molecule is OC[C@@H]1O[C@H](O[C@H]2[C@@H](O)[C@@H](O)[C@@H](Oc3ccc(N=C=S)cc3)O[C@H]2CO)[C@@H](O)[C@H](O)[C@H]1O. The first-order chi connectivity index (χ1) is 15.3. The van der Waals surface area contributed by atoms with Crippen molar-refractivity contribution in [3.05, 3.63) is 24.3 Å². The van der Waals surface area contributed by atoms with Crippen molar-refractivity contribution in [1.82, 2.24) is 0 Å². The number of aliphatic imine (C=N–C) groups is 1. The fourth-order valence-electron chi connectivity index (χ4n) is 3.44. The summed E-state index contributed by atoms with van der Waals surface area (Å²) in [5.74, 6) is 0.273. The molecule has 0 aromatic heterocycles. The first-order valence-electron chi connectivity index (χ1n) is 9.73. The largest absolute Gasteiger partial charge is 0.462 e. The molecule has 0 unspecified atom stereocenters. The van der Waals surface area contributed by atoms with E-state index in [1.807, 2.05) is 0 Å². The molecule has 3 rings (SSSR count). The zero-order valence-corrected chi connectivity index (χ0v) is 17.4. The van der Waals surface area contributed by atoms with Crippen LogP contribution in [0.4, 0.5) is 5.69 Å². The summed E-state index contributed by atoms with van der Waals surface area (Å²) in [7, 11) is 0. The minimum absolute atomic E-state index is 0.273. The summed E-state index contributed by atoms with van der Waals surface area (Å²) in [6, 6.07) is 6.21. The van der Waals surface area contributed by atoms with Gasteiger partial charge < -0.3 is 54.7 Å². The van der Waals surface area contributed by atoms with Gasteiger partial charge in [0.05, 0.1) is 24.1 Å². The number of ether oxygens (including phenoxy) is 4. The van der Waals surface area contributed by atoms with Crippen LogP contribution in [0.3, 0.4) is 0 Å². The second kappa shape index (κ2) is 11.0.